The van der Waals surface area contributed by atoms with Crippen molar-refractivity contribution in [2.75, 3.05) is 20.3 Å². The zero-order chi connectivity index (χ0) is 20.5. The molecule has 5 nitrogen and oxygen atoms in total. The monoisotopic (exact) mass is 392 g/mol. The molecule has 1 atom stereocenters. The van der Waals surface area contributed by atoms with Crippen molar-refractivity contribution < 1.29 is 14.3 Å². The lowest BCUT2D eigenvalue weighted by molar-refractivity contribution is 0.0736. The van der Waals surface area contributed by atoms with Gasteiger partial charge in [0, 0.05) is 30.2 Å². The minimum Gasteiger partial charge on any atom is -0.497 e. The van der Waals surface area contributed by atoms with Crippen molar-refractivity contribution in [1.29, 1.82) is 0 Å². The first kappa shape index (κ1) is 19.4. The average molecular weight is 392 g/mol. The first-order chi connectivity index (χ1) is 14.0. The molecular formula is C24H28N2O3. The number of hydrogen-bond donors (Lipinski definition) is 0. The summed E-state index contributed by atoms with van der Waals surface area (Å²) in [6.45, 7) is 5.35. The molecular weight excluding hydrogens is 364 g/mol. The average Bonchev–Trinajstić information content (AvgIpc) is 3.32. The number of ether oxygens (including phenoxy) is 2. The number of rotatable bonds is 5. The van der Waals surface area contributed by atoms with Crippen molar-refractivity contribution in [3.63, 3.8) is 0 Å². The van der Waals surface area contributed by atoms with E-state index in [9.17, 15) is 4.79 Å². The fraction of sp³-hybridized carbons (Fsp3) is 0.375. The lowest BCUT2D eigenvalue weighted by Gasteiger charge is -2.25. The molecule has 1 fully saturated rings. The second kappa shape index (κ2) is 7.82. The summed E-state index contributed by atoms with van der Waals surface area (Å²) in [7, 11) is 3.68. The van der Waals surface area contributed by atoms with Crippen molar-refractivity contribution >= 4 is 16.8 Å². The molecule has 0 N–H and O–H groups in total. The van der Waals surface area contributed by atoms with Crippen LogP contribution in [0.15, 0.2) is 42.5 Å². The molecule has 0 bridgehead atoms. The molecule has 4 rings (SSSR count). The number of nitrogens with zero attached hydrogens (tertiary/aromatic N) is 2. The van der Waals surface area contributed by atoms with E-state index in [-0.39, 0.29) is 11.9 Å². The Morgan fingerprint density at radius 2 is 2.00 bits per heavy atom. The van der Waals surface area contributed by atoms with E-state index >= 15 is 0 Å². The van der Waals surface area contributed by atoms with Gasteiger partial charge in [-0.1, -0.05) is 12.1 Å². The Hall–Kier alpha value is -2.95. The number of likely N-dealkylation sites (tertiary alicyclic amines) is 1. The van der Waals surface area contributed by atoms with Gasteiger partial charge in [0.1, 0.15) is 11.5 Å². The quantitative estimate of drug-likeness (QED) is 0.622. The van der Waals surface area contributed by atoms with E-state index < -0.39 is 0 Å². The van der Waals surface area contributed by atoms with Crippen LogP contribution in [-0.2, 0) is 7.05 Å². The molecule has 0 aliphatic carbocycles. The molecule has 5 heteroatoms. The molecule has 1 aromatic heterocycles. The first-order valence-corrected chi connectivity index (χ1v) is 10.2. The van der Waals surface area contributed by atoms with Gasteiger partial charge in [-0.05, 0) is 62.6 Å². The lowest BCUT2D eigenvalue weighted by atomic mass is 10.0. The van der Waals surface area contributed by atoms with E-state index in [1.54, 1.807) is 7.11 Å². The Kier molecular flexibility index (Phi) is 5.22. The van der Waals surface area contributed by atoms with Crippen LogP contribution in [0, 0.1) is 6.92 Å². The van der Waals surface area contributed by atoms with Crippen LogP contribution in [0.25, 0.3) is 10.9 Å². The van der Waals surface area contributed by atoms with E-state index in [1.807, 2.05) is 62.2 Å². The largest absolute Gasteiger partial charge is 0.497 e. The summed E-state index contributed by atoms with van der Waals surface area (Å²) in [4.78, 5) is 15.8. The molecule has 1 amide bonds. The van der Waals surface area contributed by atoms with Crippen molar-refractivity contribution in [3.05, 3.63) is 59.3 Å². The molecule has 29 heavy (non-hydrogen) atoms. The van der Waals surface area contributed by atoms with Crippen LogP contribution >= 0.6 is 0 Å². The number of amides is 1. The predicted molar refractivity (Wildman–Crippen MR) is 115 cm³/mol. The maximum Gasteiger partial charge on any atom is 0.256 e. The van der Waals surface area contributed by atoms with Gasteiger partial charge in [0.05, 0.1) is 25.3 Å². The Balaban J connectivity index is 1.76. The fourth-order valence-electron chi connectivity index (χ4n) is 4.43. The minimum absolute atomic E-state index is 0.0716. The second-order valence-electron chi connectivity index (χ2n) is 7.56. The second-order valence-corrected chi connectivity index (χ2v) is 7.56. The number of carbonyl (C=O) groups excluding carboxylic acids is 1. The van der Waals surface area contributed by atoms with Gasteiger partial charge in [0.2, 0.25) is 0 Å². The summed E-state index contributed by atoms with van der Waals surface area (Å²) < 4.78 is 13.2. The zero-order valence-electron chi connectivity index (χ0n) is 17.6. The van der Waals surface area contributed by atoms with Crippen LogP contribution in [0.5, 0.6) is 11.5 Å². The van der Waals surface area contributed by atoms with E-state index in [0.717, 1.165) is 58.6 Å². The Bertz CT molecular complexity index is 1050. The van der Waals surface area contributed by atoms with Crippen LogP contribution in [0.2, 0.25) is 0 Å². The zero-order valence-corrected chi connectivity index (χ0v) is 17.6. The summed E-state index contributed by atoms with van der Waals surface area (Å²) in [6.07, 6.45) is 1.97. The van der Waals surface area contributed by atoms with Crippen molar-refractivity contribution in [1.82, 2.24) is 9.47 Å². The molecule has 0 radical (unpaired) electrons. The number of fused-ring (bicyclic) bond motifs is 1. The minimum atomic E-state index is 0.0716. The maximum atomic E-state index is 13.7. The smallest absolute Gasteiger partial charge is 0.256 e. The highest BCUT2D eigenvalue weighted by molar-refractivity contribution is 6.09. The highest BCUT2D eigenvalue weighted by atomic mass is 16.5. The van der Waals surface area contributed by atoms with Gasteiger partial charge in [-0.25, -0.2) is 0 Å². The summed E-state index contributed by atoms with van der Waals surface area (Å²) in [6, 6.07) is 14.1. The van der Waals surface area contributed by atoms with Gasteiger partial charge in [-0.15, -0.1) is 0 Å². The molecule has 0 spiro atoms. The van der Waals surface area contributed by atoms with Gasteiger partial charge < -0.3 is 18.9 Å². The molecule has 0 saturated carbocycles. The number of carbonyl (C=O) groups is 1. The van der Waals surface area contributed by atoms with Gasteiger partial charge in [0.15, 0.2) is 0 Å². The van der Waals surface area contributed by atoms with Gasteiger partial charge >= 0.3 is 0 Å². The highest BCUT2D eigenvalue weighted by Crippen LogP contribution is 2.37. The summed E-state index contributed by atoms with van der Waals surface area (Å²) >= 11 is 0. The van der Waals surface area contributed by atoms with Crippen molar-refractivity contribution in [2.24, 2.45) is 7.05 Å². The topological polar surface area (TPSA) is 43.7 Å². The Morgan fingerprint density at radius 3 is 2.76 bits per heavy atom. The summed E-state index contributed by atoms with van der Waals surface area (Å²) in [5.41, 5.74) is 3.93. The van der Waals surface area contributed by atoms with Gasteiger partial charge in [0.25, 0.3) is 5.91 Å². The molecule has 3 aromatic rings. The van der Waals surface area contributed by atoms with E-state index in [1.165, 1.54) is 0 Å². The third-order valence-corrected chi connectivity index (χ3v) is 5.98. The maximum absolute atomic E-state index is 13.7. The van der Waals surface area contributed by atoms with Crippen LogP contribution < -0.4 is 9.47 Å². The first-order valence-electron chi connectivity index (χ1n) is 10.2. The molecule has 1 aliphatic heterocycles. The molecule has 1 saturated heterocycles. The normalized spacial score (nSPS) is 16.4. The number of benzene rings is 2. The Labute approximate surface area is 171 Å². The SMILES string of the molecule is CCOc1ccc2c(c1)c(C(=O)N1CCC[C@@H]1c1cccc(OC)c1)c(C)n2C. The fourth-order valence-corrected chi connectivity index (χ4v) is 4.43. The van der Waals surface area contributed by atoms with E-state index in [0.29, 0.717) is 6.61 Å². The molecule has 0 unspecified atom stereocenters. The molecule has 2 aromatic carbocycles. The lowest BCUT2D eigenvalue weighted by Crippen LogP contribution is -2.31. The highest BCUT2D eigenvalue weighted by Gasteiger charge is 2.33. The number of methoxy groups -OCH3 is 1. The number of aryl methyl sites for hydroxylation is 1. The number of aromatic nitrogens is 1. The van der Waals surface area contributed by atoms with Crippen molar-refractivity contribution in [3.8, 4) is 11.5 Å². The summed E-state index contributed by atoms with van der Waals surface area (Å²) in [5.74, 6) is 1.71. The van der Waals surface area contributed by atoms with Crippen LogP contribution in [-0.4, -0.2) is 35.6 Å². The van der Waals surface area contributed by atoms with Gasteiger partial charge in [-0.2, -0.15) is 0 Å². The van der Waals surface area contributed by atoms with Crippen LogP contribution in [0.3, 0.4) is 0 Å². The molecule has 1 aliphatic rings. The van der Waals surface area contributed by atoms with E-state index in [2.05, 4.69) is 10.6 Å². The summed E-state index contributed by atoms with van der Waals surface area (Å²) in [5, 5.41) is 0.956. The van der Waals surface area contributed by atoms with Crippen LogP contribution in [0.1, 0.15) is 47.4 Å². The van der Waals surface area contributed by atoms with Gasteiger partial charge in [-0.3, -0.25) is 4.79 Å². The Morgan fingerprint density at radius 1 is 1.17 bits per heavy atom. The molecule has 2 heterocycles. The third-order valence-electron chi connectivity index (χ3n) is 5.98. The van der Waals surface area contributed by atoms with Crippen LogP contribution in [0.4, 0.5) is 0 Å². The standard InChI is InChI=1S/C24H28N2O3/c1-5-29-19-11-12-22-20(15-19)23(16(2)25(22)3)24(27)26-13-7-10-21(26)17-8-6-9-18(14-17)28-4/h6,8-9,11-12,14-15,21H,5,7,10,13H2,1-4H3/t21-/m1/s1. The molecule has 152 valence electrons. The number of hydrogen-bond acceptors (Lipinski definition) is 3. The third kappa shape index (κ3) is 3.35. The van der Waals surface area contributed by atoms with Crippen molar-refractivity contribution in [2.45, 2.75) is 32.7 Å². The predicted octanol–water partition coefficient (Wildman–Crippen LogP) is 4.87. The van der Waals surface area contributed by atoms with E-state index in [4.69, 9.17) is 9.47 Å².